The standard InChI is InChI=1S/C19H30N2O6S/c1-7-20(13-14(4)19(23)27-6)18(22)15-10-11-16(26-5)17(12-15)28(24,25)21(8-2)9-3/h10-12,14H,7-9,13H2,1-6H3. The molecule has 1 atom stereocenters. The molecule has 0 aliphatic rings. The van der Waals surface area contributed by atoms with E-state index in [2.05, 4.69) is 0 Å². The molecule has 0 aliphatic heterocycles. The van der Waals surface area contributed by atoms with Crippen LogP contribution in [-0.2, 0) is 19.6 Å². The fourth-order valence-corrected chi connectivity index (χ4v) is 4.50. The highest BCUT2D eigenvalue weighted by Gasteiger charge is 2.28. The number of carbonyl (C=O) groups excluding carboxylic acids is 2. The first-order valence-corrected chi connectivity index (χ1v) is 10.7. The van der Waals surface area contributed by atoms with E-state index in [1.54, 1.807) is 27.7 Å². The van der Waals surface area contributed by atoms with Crippen LogP contribution in [0.1, 0.15) is 38.1 Å². The van der Waals surface area contributed by atoms with Gasteiger partial charge in [-0.15, -0.1) is 0 Å². The number of methoxy groups -OCH3 is 2. The van der Waals surface area contributed by atoms with Gasteiger partial charge in [0.15, 0.2) is 0 Å². The minimum atomic E-state index is -3.81. The molecule has 0 heterocycles. The van der Waals surface area contributed by atoms with Crippen LogP contribution in [0.3, 0.4) is 0 Å². The highest BCUT2D eigenvalue weighted by atomic mass is 32.2. The quantitative estimate of drug-likeness (QED) is 0.544. The molecule has 1 rings (SSSR count). The molecule has 0 radical (unpaired) electrons. The van der Waals surface area contributed by atoms with Gasteiger partial charge >= 0.3 is 5.97 Å². The zero-order valence-corrected chi connectivity index (χ0v) is 18.2. The summed E-state index contributed by atoms with van der Waals surface area (Å²) < 4.78 is 37.1. The summed E-state index contributed by atoms with van der Waals surface area (Å²) in [5, 5.41) is 0. The number of hydrogen-bond donors (Lipinski definition) is 0. The molecule has 0 bridgehead atoms. The lowest BCUT2D eigenvalue weighted by Gasteiger charge is -2.24. The fourth-order valence-electron chi connectivity index (χ4n) is 2.86. The monoisotopic (exact) mass is 414 g/mol. The lowest BCUT2D eigenvalue weighted by atomic mass is 10.1. The Balaban J connectivity index is 3.31. The van der Waals surface area contributed by atoms with Crippen LogP contribution < -0.4 is 4.74 Å². The molecule has 1 amide bonds. The normalized spacial score (nSPS) is 12.5. The Labute approximate surface area is 167 Å². The Kier molecular flexibility index (Phi) is 8.90. The molecule has 0 aromatic heterocycles. The van der Waals surface area contributed by atoms with E-state index in [0.29, 0.717) is 19.6 Å². The summed E-state index contributed by atoms with van der Waals surface area (Å²) in [6.07, 6.45) is 0. The van der Waals surface area contributed by atoms with Gasteiger partial charge in [0.1, 0.15) is 10.6 Å². The molecule has 1 aromatic carbocycles. The van der Waals surface area contributed by atoms with Crippen molar-refractivity contribution >= 4 is 21.9 Å². The predicted molar refractivity (Wildman–Crippen MR) is 106 cm³/mol. The van der Waals surface area contributed by atoms with Crippen LogP contribution in [0.25, 0.3) is 0 Å². The maximum Gasteiger partial charge on any atom is 0.310 e. The van der Waals surface area contributed by atoms with Gasteiger partial charge in [-0.2, -0.15) is 4.31 Å². The molecule has 0 spiro atoms. The Hall–Kier alpha value is -2.13. The van der Waals surface area contributed by atoms with E-state index >= 15 is 0 Å². The predicted octanol–water partition coefficient (Wildman–Crippen LogP) is 2.00. The van der Waals surface area contributed by atoms with E-state index in [4.69, 9.17) is 9.47 Å². The number of ether oxygens (including phenoxy) is 2. The van der Waals surface area contributed by atoms with Crippen LogP contribution in [0.15, 0.2) is 23.1 Å². The van der Waals surface area contributed by atoms with Crippen molar-refractivity contribution in [1.29, 1.82) is 0 Å². The summed E-state index contributed by atoms with van der Waals surface area (Å²) in [6, 6.07) is 4.33. The summed E-state index contributed by atoms with van der Waals surface area (Å²) in [6.45, 7) is 8.10. The largest absolute Gasteiger partial charge is 0.495 e. The average Bonchev–Trinajstić information content (AvgIpc) is 2.70. The molecule has 0 aliphatic carbocycles. The summed E-state index contributed by atoms with van der Waals surface area (Å²) in [5.41, 5.74) is 0.213. The third-order valence-electron chi connectivity index (χ3n) is 4.50. The van der Waals surface area contributed by atoms with Crippen LogP contribution >= 0.6 is 0 Å². The van der Waals surface area contributed by atoms with Crippen molar-refractivity contribution in [1.82, 2.24) is 9.21 Å². The Morgan fingerprint density at radius 1 is 1.07 bits per heavy atom. The lowest BCUT2D eigenvalue weighted by molar-refractivity contribution is -0.145. The van der Waals surface area contributed by atoms with E-state index in [1.807, 2.05) is 0 Å². The van der Waals surface area contributed by atoms with Gasteiger partial charge in [-0.05, 0) is 25.1 Å². The molecule has 0 saturated carbocycles. The van der Waals surface area contributed by atoms with Crippen molar-refractivity contribution in [3.8, 4) is 5.75 Å². The van der Waals surface area contributed by atoms with Crippen molar-refractivity contribution < 1.29 is 27.5 Å². The maximum atomic E-state index is 13.0. The molecule has 28 heavy (non-hydrogen) atoms. The average molecular weight is 415 g/mol. The molecule has 0 N–H and O–H groups in total. The molecule has 1 unspecified atom stereocenters. The zero-order chi connectivity index (χ0) is 21.5. The number of benzene rings is 1. The van der Waals surface area contributed by atoms with Crippen LogP contribution in [0.2, 0.25) is 0 Å². The maximum absolute atomic E-state index is 13.0. The van der Waals surface area contributed by atoms with Crippen LogP contribution in [-0.4, -0.2) is 69.9 Å². The number of nitrogens with zero attached hydrogens (tertiary/aromatic N) is 2. The van der Waals surface area contributed by atoms with Gasteiger partial charge in [0.05, 0.1) is 20.1 Å². The number of hydrogen-bond acceptors (Lipinski definition) is 6. The van der Waals surface area contributed by atoms with Crippen molar-refractivity contribution in [3.63, 3.8) is 0 Å². The van der Waals surface area contributed by atoms with E-state index in [1.165, 1.54) is 41.6 Å². The first-order valence-electron chi connectivity index (χ1n) is 9.23. The fraction of sp³-hybridized carbons (Fsp3) is 0.579. The van der Waals surface area contributed by atoms with Gasteiger partial charge in [-0.3, -0.25) is 9.59 Å². The summed E-state index contributed by atoms with van der Waals surface area (Å²) in [4.78, 5) is 26.0. The summed E-state index contributed by atoms with van der Waals surface area (Å²) in [7, 11) is -1.13. The molecular weight excluding hydrogens is 384 g/mol. The minimum Gasteiger partial charge on any atom is -0.495 e. The first-order chi connectivity index (χ1) is 13.2. The number of rotatable bonds is 10. The molecule has 9 heteroatoms. The second kappa shape index (κ2) is 10.4. The Morgan fingerprint density at radius 3 is 2.14 bits per heavy atom. The zero-order valence-electron chi connectivity index (χ0n) is 17.4. The summed E-state index contributed by atoms with van der Waals surface area (Å²) >= 11 is 0. The van der Waals surface area contributed by atoms with Gasteiger partial charge in [0.2, 0.25) is 10.0 Å². The van der Waals surface area contributed by atoms with Crippen LogP contribution in [0, 0.1) is 5.92 Å². The lowest BCUT2D eigenvalue weighted by Crippen LogP contribution is -2.37. The Morgan fingerprint density at radius 2 is 1.68 bits per heavy atom. The van der Waals surface area contributed by atoms with E-state index in [0.717, 1.165) is 0 Å². The molecule has 158 valence electrons. The van der Waals surface area contributed by atoms with Crippen LogP contribution in [0.5, 0.6) is 5.75 Å². The molecule has 0 fully saturated rings. The Bertz CT molecular complexity index is 790. The van der Waals surface area contributed by atoms with Gasteiger partial charge in [-0.25, -0.2) is 8.42 Å². The second-order valence-electron chi connectivity index (χ2n) is 6.22. The number of sulfonamides is 1. The van der Waals surface area contributed by atoms with E-state index in [-0.39, 0.29) is 28.7 Å². The summed E-state index contributed by atoms with van der Waals surface area (Å²) in [5.74, 6) is -1.09. The topological polar surface area (TPSA) is 93.2 Å². The van der Waals surface area contributed by atoms with Crippen molar-refractivity contribution in [3.05, 3.63) is 23.8 Å². The van der Waals surface area contributed by atoms with Crippen molar-refractivity contribution in [2.45, 2.75) is 32.6 Å². The van der Waals surface area contributed by atoms with E-state index < -0.39 is 21.9 Å². The molecule has 1 aromatic rings. The smallest absolute Gasteiger partial charge is 0.310 e. The molecular formula is C19H30N2O6S. The number of carbonyl (C=O) groups is 2. The third-order valence-corrected chi connectivity index (χ3v) is 6.57. The minimum absolute atomic E-state index is 0.0541. The van der Waals surface area contributed by atoms with Crippen LogP contribution in [0.4, 0.5) is 0 Å². The van der Waals surface area contributed by atoms with Gasteiger partial charge in [0, 0.05) is 31.7 Å². The highest BCUT2D eigenvalue weighted by molar-refractivity contribution is 7.89. The second-order valence-corrected chi connectivity index (χ2v) is 8.13. The third kappa shape index (κ3) is 5.23. The van der Waals surface area contributed by atoms with Crippen molar-refractivity contribution in [2.24, 2.45) is 5.92 Å². The van der Waals surface area contributed by atoms with Crippen molar-refractivity contribution in [2.75, 3.05) is 40.4 Å². The van der Waals surface area contributed by atoms with Gasteiger partial charge in [-0.1, -0.05) is 20.8 Å². The van der Waals surface area contributed by atoms with Gasteiger partial charge in [0.25, 0.3) is 5.91 Å². The highest BCUT2D eigenvalue weighted by Crippen LogP contribution is 2.28. The molecule has 8 nitrogen and oxygen atoms in total. The van der Waals surface area contributed by atoms with Gasteiger partial charge < -0.3 is 14.4 Å². The number of esters is 1. The van der Waals surface area contributed by atoms with E-state index in [9.17, 15) is 18.0 Å². The molecule has 0 saturated heterocycles. The SMILES string of the molecule is CCN(CC(C)C(=O)OC)C(=O)c1ccc(OC)c(S(=O)(=O)N(CC)CC)c1. The number of amides is 1. The first kappa shape index (κ1) is 23.9.